The monoisotopic (exact) mass is 367 g/mol. The van der Waals surface area contributed by atoms with E-state index in [2.05, 4.69) is 18.2 Å². The van der Waals surface area contributed by atoms with Crippen LogP contribution in [0.15, 0.2) is 18.2 Å². The molecule has 0 radical (unpaired) electrons. The zero-order valence-corrected chi connectivity index (χ0v) is 16.2. The lowest BCUT2D eigenvalue weighted by Gasteiger charge is -2.47. The van der Waals surface area contributed by atoms with Gasteiger partial charge >= 0.3 is 5.97 Å². The summed E-state index contributed by atoms with van der Waals surface area (Å²) in [7, 11) is 1.97. The predicted octanol–water partition coefficient (Wildman–Crippen LogP) is 3.61. The van der Waals surface area contributed by atoms with Crippen molar-refractivity contribution in [1.29, 1.82) is 0 Å². The summed E-state index contributed by atoms with van der Waals surface area (Å²) >= 11 is 0. The highest BCUT2D eigenvalue weighted by molar-refractivity contribution is 5.81. The van der Waals surface area contributed by atoms with E-state index in [1.807, 2.05) is 11.9 Å². The van der Waals surface area contributed by atoms with Gasteiger partial charge in [-0.1, -0.05) is 18.2 Å². The van der Waals surface area contributed by atoms with Gasteiger partial charge in [0.15, 0.2) is 0 Å². The topological polar surface area (TPSA) is 46.6 Å². The Labute approximate surface area is 161 Å². The molecule has 0 aromatic heterocycles. The molecule has 0 bridgehead atoms. The third-order valence-corrected chi connectivity index (χ3v) is 7.62. The van der Waals surface area contributed by atoms with E-state index in [1.165, 1.54) is 31.2 Å². The Hall–Kier alpha value is -1.84. The van der Waals surface area contributed by atoms with Gasteiger partial charge in [0.05, 0.1) is 13.0 Å². The van der Waals surface area contributed by atoms with E-state index in [-0.39, 0.29) is 23.2 Å². The molecule has 4 aliphatic rings. The number of benzene rings is 1. The molecule has 0 atom stereocenters. The Kier molecular flexibility index (Phi) is 4.06. The molecule has 3 aliphatic carbocycles. The smallest absolute Gasteiger partial charge is 0.306 e. The number of ether oxygens (including phenoxy) is 1. The van der Waals surface area contributed by atoms with Gasteiger partial charge in [-0.3, -0.25) is 9.59 Å². The molecule has 0 N–H and O–H groups in total. The van der Waals surface area contributed by atoms with E-state index >= 15 is 0 Å². The molecule has 1 heterocycles. The van der Waals surface area contributed by atoms with Gasteiger partial charge in [-0.05, 0) is 74.0 Å². The fourth-order valence-electron chi connectivity index (χ4n) is 5.72. The fourth-order valence-corrected chi connectivity index (χ4v) is 5.72. The van der Waals surface area contributed by atoms with Crippen molar-refractivity contribution in [3.63, 3.8) is 0 Å². The first-order valence-electron chi connectivity index (χ1n) is 10.6. The van der Waals surface area contributed by atoms with Crippen LogP contribution in [0.5, 0.6) is 0 Å². The summed E-state index contributed by atoms with van der Waals surface area (Å²) in [6.07, 6.45) is 9.43. The molecule has 0 unspecified atom stereocenters. The van der Waals surface area contributed by atoms with Crippen LogP contribution in [0, 0.1) is 11.3 Å². The van der Waals surface area contributed by atoms with E-state index in [4.69, 9.17) is 4.74 Å². The highest BCUT2D eigenvalue weighted by atomic mass is 16.5. The highest BCUT2D eigenvalue weighted by Gasteiger charge is 2.53. The van der Waals surface area contributed by atoms with Gasteiger partial charge in [-0.15, -0.1) is 0 Å². The van der Waals surface area contributed by atoms with Gasteiger partial charge in [-0.25, -0.2) is 0 Å². The van der Waals surface area contributed by atoms with Crippen molar-refractivity contribution in [2.45, 2.75) is 69.7 Å². The minimum atomic E-state index is -0.0962. The number of rotatable bonds is 3. The number of hydrogen-bond acceptors (Lipinski definition) is 3. The molecule has 2 saturated carbocycles. The zero-order chi connectivity index (χ0) is 18.6. The maximum atomic E-state index is 12.8. The number of cyclic esters (lactones) is 1. The number of fused-ring (bicyclic) bond motifs is 1. The largest absolute Gasteiger partial charge is 0.465 e. The van der Waals surface area contributed by atoms with Crippen molar-refractivity contribution in [1.82, 2.24) is 4.90 Å². The van der Waals surface area contributed by atoms with E-state index in [1.54, 1.807) is 11.1 Å². The second kappa shape index (κ2) is 6.35. The lowest BCUT2D eigenvalue weighted by molar-refractivity contribution is -0.146. The quantitative estimate of drug-likeness (QED) is 0.767. The Morgan fingerprint density at radius 2 is 1.89 bits per heavy atom. The molecule has 1 aromatic rings. The van der Waals surface area contributed by atoms with Crippen molar-refractivity contribution < 1.29 is 14.3 Å². The second-order valence-electron chi connectivity index (χ2n) is 9.45. The average molecular weight is 367 g/mol. The van der Waals surface area contributed by atoms with Crippen LogP contribution in [0.3, 0.4) is 0 Å². The summed E-state index contributed by atoms with van der Waals surface area (Å²) in [4.78, 5) is 26.2. The van der Waals surface area contributed by atoms with Crippen molar-refractivity contribution in [3.8, 4) is 0 Å². The SMILES string of the molecule is CN(C(=O)C1CC2(COC(=O)C2)C1)C1CC(c2ccc3c(c2)CCCC3)C1. The van der Waals surface area contributed by atoms with E-state index in [0.717, 1.165) is 25.7 Å². The molecule has 1 amide bonds. The van der Waals surface area contributed by atoms with Gasteiger partial charge in [0.1, 0.15) is 0 Å². The molecule has 1 saturated heterocycles. The summed E-state index contributed by atoms with van der Waals surface area (Å²) in [6.45, 7) is 0.517. The zero-order valence-electron chi connectivity index (χ0n) is 16.2. The fraction of sp³-hybridized carbons (Fsp3) is 0.652. The van der Waals surface area contributed by atoms with Crippen LogP contribution in [0.2, 0.25) is 0 Å². The third kappa shape index (κ3) is 2.97. The minimum Gasteiger partial charge on any atom is -0.465 e. The van der Waals surface area contributed by atoms with Gasteiger partial charge in [0.25, 0.3) is 0 Å². The number of nitrogens with zero attached hydrogens (tertiary/aromatic N) is 1. The second-order valence-corrected chi connectivity index (χ2v) is 9.45. The summed E-state index contributed by atoms with van der Waals surface area (Å²) in [5, 5.41) is 0. The number of aryl methyl sites for hydroxylation is 2. The van der Waals surface area contributed by atoms with E-state index in [9.17, 15) is 9.59 Å². The first kappa shape index (κ1) is 17.3. The van der Waals surface area contributed by atoms with Gasteiger partial charge in [0.2, 0.25) is 5.91 Å². The van der Waals surface area contributed by atoms with Crippen LogP contribution in [0.1, 0.15) is 67.6 Å². The van der Waals surface area contributed by atoms with Gasteiger partial charge < -0.3 is 9.64 Å². The van der Waals surface area contributed by atoms with Gasteiger partial charge in [-0.2, -0.15) is 0 Å². The predicted molar refractivity (Wildman–Crippen MR) is 102 cm³/mol. The molecule has 1 aromatic carbocycles. The molecule has 144 valence electrons. The number of carbonyl (C=O) groups excluding carboxylic acids is 2. The van der Waals surface area contributed by atoms with Gasteiger partial charge in [0, 0.05) is 24.4 Å². The Morgan fingerprint density at radius 3 is 2.59 bits per heavy atom. The molecule has 5 rings (SSSR count). The van der Waals surface area contributed by atoms with Crippen molar-refractivity contribution in [2.75, 3.05) is 13.7 Å². The summed E-state index contributed by atoms with van der Waals surface area (Å²) < 4.78 is 5.12. The number of carbonyl (C=O) groups is 2. The lowest BCUT2D eigenvalue weighted by atomic mass is 9.61. The van der Waals surface area contributed by atoms with Crippen LogP contribution in [0.25, 0.3) is 0 Å². The standard InChI is InChI=1S/C23H29NO3/c1-24(22(26)19-11-23(12-19)13-21(25)27-14-23)20-9-18(10-20)17-7-6-15-4-2-3-5-16(15)8-17/h6-8,18-20H,2-5,9-14H2,1H3. The van der Waals surface area contributed by atoms with E-state index in [0.29, 0.717) is 25.0 Å². The number of esters is 1. The normalized spacial score (nSPS) is 34.4. The number of hydrogen-bond donors (Lipinski definition) is 0. The summed E-state index contributed by atoms with van der Waals surface area (Å²) in [5.74, 6) is 0.869. The molecule has 4 heteroatoms. The molecule has 1 spiro atoms. The van der Waals surface area contributed by atoms with Crippen LogP contribution in [-0.2, 0) is 27.2 Å². The Bertz CT molecular complexity index is 774. The first-order valence-corrected chi connectivity index (χ1v) is 10.6. The van der Waals surface area contributed by atoms with Crippen molar-refractivity contribution in [2.24, 2.45) is 11.3 Å². The Balaban J connectivity index is 1.15. The highest BCUT2D eigenvalue weighted by Crippen LogP contribution is 2.52. The molecular weight excluding hydrogens is 338 g/mol. The number of amides is 1. The molecule has 27 heavy (non-hydrogen) atoms. The van der Waals surface area contributed by atoms with Crippen molar-refractivity contribution in [3.05, 3.63) is 34.9 Å². The van der Waals surface area contributed by atoms with Crippen LogP contribution in [-0.4, -0.2) is 36.5 Å². The maximum absolute atomic E-state index is 12.8. The van der Waals surface area contributed by atoms with Crippen molar-refractivity contribution >= 4 is 11.9 Å². The molecule has 1 aliphatic heterocycles. The first-order chi connectivity index (χ1) is 13.0. The molecular formula is C23H29NO3. The lowest BCUT2D eigenvalue weighted by Crippen LogP contribution is -2.51. The van der Waals surface area contributed by atoms with Crippen LogP contribution >= 0.6 is 0 Å². The maximum Gasteiger partial charge on any atom is 0.306 e. The molecule has 4 nitrogen and oxygen atoms in total. The third-order valence-electron chi connectivity index (χ3n) is 7.62. The Morgan fingerprint density at radius 1 is 1.15 bits per heavy atom. The average Bonchev–Trinajstić information content (AvgIpc) is 3.00. The van der Waals surface area contributed by atoms with Crippen LogP contribution < -0.4 is 0 Å². The summed E-state index contributed by atoms with van der Waals surface area (Å²) in [5.41, 5.74) is 4.54. The minimum absolute atomic E-state index is 0.0243. The molecule has 3 fully saturated rings. The van der Waals surface area contributed by atoms with Crippen LogP contribution in [0.4, 0.5) is 0 Å². The summed E-state index contributed by atoms with van der Waals surface area (Å²) in [6, 6.07) is 7.46. The van der Waals surface area contributed by atoms with E-state index < -0.39 is 0 Å².